The van der Waals surface area contributed by atoms with Crippen LogP contribution in [0.25, 0.3) is 0 Å². The highest BCUT2D eigenvalue weighted by Crippen LogP contribution is 2.10. The molecule has 0 aromatic heterocycles. The monoisotopic (exact) mass is 302 g/mol. The van der Waals surface area contributed by atoms with Gasteiger partial charge in [-0.25, -0.2) is 4.79 Å². The molecule has 2 N–H and O–H groups in total. The molecule has 0 saturated heterocycles. The first-order valence-corrected chi connectivity index (χ1v) is 7.50. The quantitative estimate of drug-likeness (QED) is 0.322. The van der Waals surface area contributed by atoms with Crippen LogP contribution in [0.3, 0.4) is 0 Å². The molecule has 6 heteroatoms. The summed E-state index contributed by atoms with van der Waals surface area (Å²) in [5.41, 5.74) is 0. The van der Waals surface area contributed by atoms with Crippen LogP contribution in [0.15, 0.2) is 0 Å². The van der Waals surface area contributed by atoms with E-state index in [9.17, 15) is 14.4 Å². The Bertz CT molecular complexity index is 326. The molecule has 0 bridgehead atoms. The topological polar surface area (TPSA) is 101 Å². The smallest absolute Gasteiger partial charge is 0.345 e. The van der Waals surface area contributed by atoms with Crippen molar-refractivity contribution >= 4 is 17.7 Å². The van der Waals surface area contributed by atoms with Gasteiger partial charge in [0.2, 0.25) is 0 Å². The summed E-state index contributed by atoms with van der Waals surface area (Å²) in [6, 6.07) is 0. The molecule has 0 spiro atoms. The number of ether oxygens (including phenoxy) is 1. The molecule has 21 heavy (non-hydrogen) atoms. The van der Waals surface area contributed by atoms with Gasteiger partial charge in [-0.05, 0) is 19.8 Å². The van der Waals surface area contributed by atoms with Gasteiger partial charge in [-0.2, -0.15) is 0 Å². The zero-order valence-electron chi connectivity index (χ0n) is 12.7. The Morgan fingerprint density at radius 2 is 1.38 bits per heavy atom. The lowest BCUT2D eigenvalue weighted by atomic mass is 10.1. The van der Waals surface area contributed by atoms with Gasteiger partial charge in [-0.3, -0.25) is 4.79 Å². The van der Waals surface area contributed by atoms with Gasteiger partial charge in [-0.1, -0.05) is 32.1 Å². The molecule has 122 valence electrons. The Morgan fingerprint density at radius 3 is 1.86 bits per heavy atom. The molecule has 0 aliphatic carbocycles. The summed E-state index contributed by atoms with van der Waals surface area (Å²) >= 11 is 0. The SMILES string of the molecule is CC(=O)CCCCCCCCCC(=O)OC(=O)C(O)CO. The Hall–Kier alpha value is -1.27. The highest BCUT2D eigenvalue weighted by molar-refractivity contribution is 5.87. The summed E-state index contributed by atoms with van der Waals surface area (Å²) in [7, 11) is 0. The lowest BCUT2D eigenvalue weighted by Crippen LogP contribution is -2.28. The molecule has 0 amide bonds. The van der Waals surface area contributed by atoms with Crippen molar-refractivity contribution < 1.29 is 29.3 Å². The summed E-state index contributed by atoms with van der Waals surface area (Å²) < 4.78 is 4.37. The van der Waals surface area contributed by atoms with E-state index in [1.54, 1.807) is 6.92 Å². The lowest BCUT2D eigenvalue weighted by Gasteiger charge is -2.06. The minimum Gasteiger partial charge on any atom is -0.393 e. The van der Waals surface area contributed by atoms with E-state index in [0.29, 0.717) is 12.8 Å². The number of esters is 2. The van der Waals surface area contributed by atoms with Gasteiger partial charge < -0.3 is 19.7 Å². The van der Waals surface area contributed by atoms with Crippen molar-refractivity contribution in [1.82, 2.24) is 0 Å². The number of carbonyl (C=O) groups is 3. The van der Waals surface area contributed by atoms with Crippen molar-refractivity contribution in [3.8, 4) is 0 Å². The molecule has 0 rings (SSSR count). The van der Waals surface area contributed by atoms with E-state index < -0.39 is 24.6 Å². The van der Waals surface area contributed by atoms with Crippen LogP contribution in [0.2, 0.25) is 0 Å². The lowest BCUT2D eigenvalue weighted by molar-refractivity contribution is -0.167. The molecule has 0 fully saturated rings. The third kappa shape index (κ3) is 12.2. The van der Waals surface area contributed by atoms with Gasteiger partial charge in [-0.15, -0.1) is 0 Å². The average Bonchev–Trinajstić information content (AvgIpc) is 2.44. The molecular weight excluding hydrogens is 276 g/mol. The molecule has 0 aromatic rings. The standard InChI is InChI=1S/C15H26O6/c1-12(17)9-7-5-3-2-4-6-8-10-14(19)21-15(20)13(18)11-16/h13,16,18H,2-11H2,1H3. The Labute approximate surface area is 125 Å². The van der Waals surface area contributed by atoms with E-state index >= 15 is 0 Å². The van der Waals surface area contributed by atoms with Crippen LogP contribution in [0.4, 0.5) is 0 Å². The molecule has 1 unspecified atom stereocenters. The van der Waals surface area contributed by atoms with E-state index in [0.717, 1.165) is 38.5 Å². The first-order chi connectivity index (χ1) is 9.97. The summed E-state index contributed by atoms with van der Waals surface area (Å²) in [6.07, 6.45) is 5.78. The van der Waals surface area contributed by atoms with Crippen molar-refractivity contribution in [2.24, 2.45) is 0 Å². The third-order valence-electron chi connectivity index (χ3n) is 3.07. The molecule has 0 radical (unpaired) electrons. The minimum absolute atomic E-state index is 0.133. The van der Waals surface area contributed by atoms with Gasteiger partial charge in [0.15, 0.2) is 6.10 Å². The zero-order valence-corrected chi connectivity index (χ0v) is 12.7. The van der Waals surface area contributed by atoms with E-state index in [4.69, 9.17) is 10.2 Å². The van der Waals surface area contributed by atoms with Crippen LogP contribution in [0.1, 0.15) is 64.7 Å². The fourth-order valence-corrected chi connectivity index (χ4v) is 1.83. The average molecular weight is 302 g/mol. The van der Waals surface area contributed by atoms with Gasteiger partial charge in [0.25, 0.3) is 0 Å². The van der Waals surface area contributed by atoms with Crippen molar-refractivity contribution in [3.63, 3.8) is 0 Å². The molecule has 0 aliphatic heterocycles. The minimum atomic E-state index is -1.65. The maximum atomic E-state index is 11.2. The van der Waals surface area contributed by atoms with Gasteiger partial charge in [0.05, 0.1) is 6.61 Å². The van der Waals surface area contributed by atoms with E-state index in [1.807, 2.05) is 0 Å². The molecule has 0 saturated carbocycles. The predicted molar refractivity (Wildman–Crippen MR) is 76.4 cm³/mol. The Morgan fingerprint density at radius 1 is 0.905 bits per heavy atom. The summed E-state index contributed by atoms with van der Waals surface area (Å²) in [5.74, 6) is -1.55. The number of Topliss-reactive ketones (excluding diaryl/α,β-unsaturated/α-hetero) is 1. The second-order valence-electron chi connectivity index (χ2n) is 5.17. The maximum Gasteiger partial charge on any atom is 0.345 e. The van der Waals surface area contributed by atoms with Gasteiger partial charge in [0, 0.05) is 12.8 Å². The Balaban J connectivity index is 3.40. The number of rotatable bonds is 12. The number of aliphatic hydroxyl groups excluding tert-OH is 2. The predicted octanol–water partition coefficient (Wildman–Crippen LogP) is 1.51. The zero-order chi connectivity index (χ0) is 16.1. The molecule has 6 nitrogen and oxygen atoms in total. The molecule has 1 atom stereocenters. The summed E-state index contributed by atoms with van der Waals surface area (Å²) in [4.78, 5) is 33.0. The van der Waals surface area contributed by atoms with Crippen LogP contribution in [-0.4, -0.2) is 40.6 Å². The number of ketones is 1. The van der Waals surface area contributed by atoms with E-state index in [-0.39, 0.29) is 12.2 Å². The number of hydrogen-bond acceptors (Lipinski definition) is 6. The van der Waals surface area contributed by atoms with Crippen molar-refractivity contribution in [3.05, 3.63) is 0 Å². The van der Waals surface area contributed by atoms with E-state index in [2.05, 4.69) is 4.74 Å². The molecule has 0 heterocycles. The van der Waals surface area contributed by atoms with Crippen LogP contribution >= 0.6 is 0 Å². The Kier molecular flexibility index (Phi) is 11.7. The number of carbonyl (C=O) groups excluding carboxylic acids is 3. The van der Waals surface area contributed by atoms with Crippen molar-refractivity contribution in [1.29, 1.82) is 0 Å². The van der Waals surface area contributed by atoms with E-state index in [1.165, 1.54) is 0 Å². The van der Waals surface area contributed by atoms with Gasteiger partial charge >= 0.3 is 11.9 Å². The fraction of sp³-hybridized carbons (Fsp3) is 0.800. The largest absolute Gasteiger partial charge is 0.393 e. The van der Waals surface area contributed by atoms with Crippen molar-refractivity contribution in [2.75, 3.05) is 6.61 Å². The van der Waals surface area contributed by atoms with Crippen molar-refractivity contribution in [2.45, 2.75) is 70.8 Å². The van der Waals surface area contributed by atoms with Crippen LogP contribution in [-0.2, 0) is 19.1 Å². The summed E-state index contributed by atoms with van der Waals surface area (Å²) in [5, 5.41) is 17.4. The third-order valence-corrected chi connectivity index (χ3v) is 3.07. The highest BCUT2D eigenvalue weighted by atomic mass is 16.6. The number of unbranched alkanes of at least 4 members (excludes halogenated alkanes) is 6. The second-order valence-corrected chi connectivity index (χ2v) is 5.17. The molecule has 0 aliphatic rings. The normalized spacial score (nSPS) is 12.0. The van der Waals surface area contributed by atoms with Crippen LogP contribution in [0, 0.1) is 0 Å². The van der Waals surface area contributed by atoms with Crippen LogP contribution < -0.4 is 0 Å². The fourth-order valence-electron chi connectivity index (χ4n) is 1.83. The number of aliphatic hydroxyl groups is 2. The molecule has 0 aromatic carbocycles. The second kappa shape index (κ2) is 12.5. The molecular formula is C15H26O6. The maximum absolute atomic E-state index is 11.2. The summed E-state index contributed by atoms with van der Waals surface area (Å²) in [6.45, 7) is 0.846. The first-order valence-electron chi connectivity index (χ1n) is 7.50. The highest BCUT2D eigenvalue weighted by Gasteiger charge is 2.18. The van der Waals surface area contributed by atoms with Crippen LogP contribution in [0.5, 0.6) is 0 Å². The van der Waals surface area contributed by atoms with Gasteiger partial charge in [0.1, 0.15) is 5.78 Å². The first kappa shape index (κ1) is 19.7. The number of hydrogen-bond donors (Lipinski definition) is 2.